The lowest BCUT2D eigenvalue weighted by atomic mass is 10.0. The molecule has 5 N–H and O–H groups in total. The van der Waals surface area contributed by atoms with Gasteiger partial charge in [-0.2, -0.15) is 0 Å². The maximum atomic E-state index is 12.3. The second-order valence-corrected chi connectivity index (χ2v) is 5.68. The predicted octanol–water partition coefficient (Wildman–Crippen LogP) is 1.83. The summed E-state index contributed by atoms with van der Waals surface area (Å²) in [7, 11) is 0. The molecule has 0 aliphatic heterocycles. The van der Waals surface area contributed by atoms with E-state index in [0.717, 1.165) is 18.4 Å². The summed E-state index contributed by atoms with van der Waals surface area (Å²) in [5.74, 6) is 0.608. The number of benzene rings is 1. The van der Waals surface area contributed by atoms with Crippen LogP contribution in [0, 0.1) is 12.8 Å². The zero-order chi connectivity index (χ0) is 12.9. The second kappa shape index (κ2) is 3.64. The van der Waals surface area contributed by atoms with Crippen molar-refractivity contribution in [3.05, 3.63) is 23.3 Å². The summed E-state index contributed by atoms with van der Waals surface area (Å²) in [4.78, 5) is 12.3. The number of hydrogen-bond acceptors (Lipinski definition) is 3. The fourth-order valence-electron chi connectivity index (χ4n) is 2.71. The van der Waals surface area contributed by atoms with Crippen LogP contribution in [0.5, 0.6) is 0 Å². The minimum Gasteiger partial charge on any atom is -0.399 e. The summed E-state index contributed by atoms with van der Waals surface area (Å²) in [5, 5.41) is 3.17. The molecule has 0 aromatic heterocycles. The average Bonchev–Trinajstić information content (AvgIpc) is 3.13. The molecule has 0 atom stereocenters. The molecule has 4 nitrogen and oxygen atoms in total. The van der Waals surface area contributed by atoms with Crippen molar-refractivity contribution >= 4 is 17.3 Å². The van der Waals surface area contributed by atoms with E-state index in [1.807, 2.05) is 6.92 Å². The summed E-state index contributed by atoms with van der Waals surface area (Å²) in [6.07, 6.45) is 4.69. The highest BCUT2D eigenvalue weighted by atomic mass is 16.1. The number of carbonyl (C=O) groups excluding carboxylic acids is 1. The van der Waals surface area contributed by atoms with Crippen LogP contribution >= 0.6 is 0 Å². The van der Waals surface area contributed by atoms with Gasteiger partial charge in [-0.15, -0.1) is 0 Å². The standard InChI is InChI=1S/C14H19N3O/c1-8-6-10(15)7-11(12(8)16)13(18)17-14(4-5-14)9-2-3-9/h6-7,9H,2-5,15-16H2,1H3,(H,17,18). The minimum atomic E-state index is -0.0766. The summed E-state index contributed by atoms with van der Waals surface area (Å²) in [6, 6.07) is 3.46. The first-order chi connectivity index (χ1) is 8.52. The van der Waals surface area contributed by atoms with Crippen molar-refractivity contribution in [2.45, 2.75) is 38.1 Å². The van der Waals surface area contributed by atoms with Gasteiger partial charge in [0, 0.05) is 16.9 Å². The summed E-state index contributed by atoms with van der Waals surface area (Å²) < 4.78 is 0. The van der Waals surface area contributed by atoms with Gasteiger partial charge in [-0.25, -0.2) is 0 Å². The monoisotopic (exact) mass is 245 g/mol. The largest absolute Gasteiger partial charge is 0.399 e. The predicted molar refractivity (Wildman–Crippen MR) is 72.2 cm³/mol. The maximum absolute atomic E-state index is 12.3. The van der Waals surface area contributed by atoms with Crippen LogP contribution in [0.3, 0.4) is 0 Å². The number of anilines is 2. The van der Waals surface area contributed by atoms with Crippen LogP contribution < -0.4 is 16.8 Å². The van der Waals surface area contributed by atoms with Crippen LogP contribution in [0.15, 0.2) is 12.1 Å². The molecule has 0 spiro atoms. The summed E-state index contributed by atoms with van der Waals surface area (Å²) >= 11 is 0. The van der Waals surface area contributed by atoms with E-state index in [1.54, 1.807) is 12.1 Å². The zero-order valence-electron chi connectivity index (χ0n) is 10.6. The number of aryl methyl sites for hydroxylation is 1. The smallest absolute Gasteiger partial charge is 0.253 e. The van der Waals surface area contributed by atoms with Gasteiger partial charge in [0.05, 0.1) is 5.56 Å². The first kappa shape index (κ1) is 11.4. The Bertz CT molecular complexity index is 516. The molecule has 4 heteroatoms. The van der Waals surface area contributed by atoms with Gasteiger partial charge in [0.2, 0.25) is 0 Å². The Morgan fingerprint density at radius 2 is 2.00 bits per heavy atom. The van der Waals surface area contributed by atoms with Crippen molar-refractivity contribution < 1.29 is 4.79 Å². The van der Waals surface area contributed by atoms with Gasteiger partial charge in [0.25, 0.3) is 5.91 Å². The Hall–Kier alpha value is -1.71. The highest BCUT2D eigenvalue weighted by Crippen LogP contribution is 2.53. The number of carbonyl (C=O) groups is 1. The van der Waals surface area contributed by atoms with Gasteiger partial charge >= 0.3 is 0 Å². The SMILES string of the molecule is Cc1cc(N)cc(C(=O)NC2(C3CC3)CC2)c1N. The third kappa shape index (κ3) is 1.82. The lowest BCUT2D eigenvalue weighted by Gasteiger charge is -2.18. The molecule has 0 radical (unpaired) electrons. The van der Waals surface area contributed by atoms with Crippen molar-refractivity contribution in [1.29, 1.82) is 0 Å². The van der Waals surface area contributed by atoms with Crippen molar-refractivity contribution in [3.63, 3.8) is 0 Å². The third-order valence-electron chi connectivity index (χ3n) is 4.16. The molecule has 2 aliphatic rings. The minimum absolute atomic E-state index is 0.0715. The summed E-state index contributed by atoms with van der Waals surface area (Å²) in [6.45, 7) is 1.87. The molecule has 3 rings (SSSR count). The quantitative estimate of drug-likeness (QED) is 0.711. The van der Waals surface area contributed by atoms with E-state index in [-0.39, 0.29) is 11.4 Å². The van der Waals surface area contributed by atoms with Gasteiger partial charge in [-0.05, 0) is 56.2 Å². The lowest BCUT2D eigenvalue weighted by Crippen LogP contribution is -2.38. The van der Waals surface area contributed by atoms with E-state index >= 15 is 0 Å². The molecule has 18 heavy (non-hydrogen) atoms. The molecule has 2 saturated carbocycles. The molecular weight excluding hydrogens is 226 g/mol. The van der Waals surface area contributed by atoms with E-state index in [9.17, 15) is 4.79 Å². The van der Waals surface area contributed by atoms with Crippen molar-refractivity contribution in [3.8, 4) is 0 Å². The van der Waals surface area contributed by atoms with Crippen LogP contribution in [0.1, 0.15) is 41.6 Å². The van der Waals surface area contributed by atoms with Crippen LogP contribution in [0.4, 0.5) is 11.4 Å². The number of rotatable bonds is 3. The first-order valence-electron chi connectivity index (χ1n) is 6.50. The Kier molecular flexibility index (Phi) is 2.30. The van der Waals surface area contributed by atoms with Crippen LogP contribution in [-0.4, -0.2) is 11.4 Å². The molecule has 0 unspecified atom stereocenters. The average molecular weight is 245 g/mol. The molecule has 0 bridgehead atoms. The lowest BCUT2D eigenvalue weighted by molar-refractivity contribution is 0.0926. The van der Waals surface area contributed by atoms with Crippen molar-refractivity contribution in [1.82, 2.24) is 5.32 Å². The zero-order valence-corrected chi connectivity index (χ0v) is 10.6. The van der Waals surface area contributed by atoms with E-state index in [2.05, 4.69) is 5.32 Å². The van der Waals surface area contributed by atoms with Crippen molar-refractivity contribution in [2.24, 2.45) is 5.92 Å². The maximum Gasteiger partial charge on any atom is 0.253 e. The van der Waals surface area contributed by atoms with Gasteiger partial charge in [-0.1, -0.05) is 0 Å². The molecule has 96 valence electrons. The molecule has 1 amide bonds. The third-order valence-corrected chi connectivity index (χ3v) is 4.16. The van der Waals surface area contributed by atoms with Crippen molar-refractivity contribution in [2.75, 3.05) is 11.5 Å². The first-order valence-corrected chi connectivity index (χ1v) is 6.50. The number of hydrogen-bond donors (Lipinski definition) is 3. The highest BCUT2D eigenvalue weighted by molar-refractivity contribution is 6.01. The number of nitrogen functional groups attached to an aromatic ring is 2. The number of amides is 1. The van der Waals surface area contributed by atoms with Crippen LogP contribution in [0.2, 0.25) is 0 Å². The Labute approximate surface area is 107 Å². The fourth-order valence-corrected chi connectivity index (χ4v) is 2.71. The van der Waals surface area contributed by atoms with E-state index < -0.39 is 0 Å². The van der Waals surface area contributed by atoms with E-state index in [4.69, 9.17) is 11.5 Å². The van der Waals surface area contributed by atoms with Crippen LogP contribution in [0.25, 0.3) is 0 Å². The fraction of sp³-hybridized carbons (Fsp3) is 0.500. The topological polar surface area (TPSA) is 81.1 Å². The molecule has 1 aromatic rings. The molecule has 2 fully saturated rings. The number of nitrogens with two attached hydrogens (primary N) is 2. The Morgan fingerprint density at radius 3 is 2.56 bits per heavy atom. The Balaban J connectivity index is 1.84. The van der Waals surface area contributed by atoms with Gasteiger partial charge in [0.15, 0.2) is 0 Å². The second-order valence-electron chi connectivity index (χ2n) is 5.68. The molecular formula is C14H19N3O. The van der Waals surface area contributed by atoms with E-state index in [0.29, 0.717) is 22.9 Å². The van der Waals surface area contributed by atoms with Gasteiger partial charge < -0.3 is 16.8 Å². The summed E-state index contributed by atoms with van der Waals surface area (Å²) in [5.41, 5.74) is 14.3. The molecule has 0 heterocycles. The van der Waals surface area contributed by atoms with E-state index in [1.165, 1.54) is 12.8 Å². The molecule has 2 aliphatic carbocycles. The van der Waals surface area contributed by atoms with Crippen LogP contribution in [-0.2, 0) is 0 Å². The normalized spacial score (nSPS) is 20.5. The van der Waals surface area contributed by atoms with Gasteiger partial charge in [-0.3, -0.25) is 4.79 Å². The highest BCUT2D eigenvalue weighted by Gasteiger charge is 2.54. The molecule has 0 saturated heterocycles. The Morgan fingerprint density at radius 1 is 1.33 bits per heavy atom. The number of nitrogens with one attached hydrogen (secondary N) is 1. The molecule has 1 aromatic carbocycles. The van der Waals surface area contributed by atoms with Gasteiger partial charge in [0.1, 0.15) is 0 Å².